The molecule has 43 heavy (non-hydrogen) atoms. The van der Waals surface area contributed by atoms with Crippen LogP contribution in [0.15, 0.2) is 146 Å². The second-order valence-electron chi connectivity index (χ2n) is 12.3. The van der Waals surface area contributed by atoms with E-state index in [2.05, 4.69) is 172 Å². The van der Waals surface area contributed by atoms with E-state index in [9.17, 15) is 0 Å². The van der Waals surface area contributed by atoms with E-state index in [4.69, 9.17) is 0 Å². The van der Waals surface area contributed by atoms with Gasteiger partial charge in [0.2, 0.25) is 0 Å². The van der Waals surface area contributed by atoms with Crippen LogP contribution < -0.4 is 0 Å². The molecule has 1 aliphatic rings. The molecule has 0 N–H and O–H groups in total. The molecule has 0 saturated carbocycles. The van der Waals surface area contributed by atoms with Crippen molar-refractivity contribution in [1.29, 1.82) is 0 Å². The Kier molecular flexibility index (Phi) is 5.91. The van der Waals surface area contributed by atoms with Crippen LogP contribution in [0.3, 0.4) is 0 Å². The van der Waals surface area contributed by atoms with Crippen molar-refractivity contribution in [1.82, 2.24) is 0 Å². The van der Waals surface area contributed by atoms with Crippen LogP contribution in [0.1, 0.15) is 36.1 Å². The van der Waals surface area contributed by atoms with E-state index >= 15 is 0 Å². The van der Waals surface area contributed by atoms with E-state index < -0.39 is 0 Å². The van der Waals surface area contributed by atoms with Crippen molar-refractivity contribution < 1.29 is 0 Å². The molecule has 7 aromatic rings. The van der Waals surface area contributed by atoms with Crippen LogP contribution in [0.2, 0.25) is 0 Å². The summed E-state index contributed by atoms with van der Waals surface area (Å²) in [6, 6.07) is 53.5. The van der Waals surface area contributed by atoms with E-state index in [0.717, 1.165) is 0 Å². The molecule has 8 rings (SSSR count). The third-order valence-corrected chi connectivity index (χ3v) is 9.24. The summed E-state index contributed by atoms with van der Waals surface area (Å²) in [5, 5.41) is 5.10. The lowest BCUT2D eigenvalue weighted by molar-refractivity contribution is 0.661. The number of fused-ring (bicyclic) bond motifs is 5. The summed E-state index contributed by atoms with van der Waals surface area (Å²) in [7, 11) is 0. The monoisotopic (exact) mass is 548 g/mol. The highest BCUT2D eigenvalue weighted by atomic mass is 14.4. The highest BCUT2D eigenvalue weighted by Gasteiger charge is 2.35. The first-order valence-corrected chi connectivity index (χ1v) is 15.1. The van der Waals surface area contributed by atoms with Crippen molar-refractivity contribution in [3.63, 3.8) is 0 Å². The van der Waals surface area contributed by atoms with Gasteiger partial charge < -0.3 is 0 Å². The molecular weight excluding hydrogens is 516 g/mol. The maximum Gasteiger partial charge on any atom is 0.0159 e. The van der Waals surface area contributed by atoms with Crippen LogP contribution in [0, 0.1) is 0 Å². The molecule has 0 unspecified atom stereocenters. The third kappa shape index (κ3) is 4.47. The minimum Gasteiger partial charge on any atom is -0.0616 e. The Balaban J connectivity index is 1.07. The first-order chi connectivity index (χ1) is 21.0. The quantitative estimate of drug-likeness (QED) is 0.192. The number of rotatable bonds is 4. The molecule has 0 heterocycles. The Morgan fingerprint density at radius 2 is 0.814 bits per heavy atom. The van der Waals surface area contributed by atoms with Crippen molar-refractivity contribution in [2.24, 2.45) is 0 Å². The van der Waals surface area contributed by atoms with E-state index in [-0.39, 0.29) is 5.41 Å². The summed E-state index contributed by atoms with van der Waals surface area (Å²) in [5.74, 6) is 0. The Morgan fingerprint density at radius 1 is 0.372 bits per heavy atom. The maximum atomic E-state index is 2.41. The Morgan fingerprint density at radius 3 is 1.47 bits per heavy atom. The van der Waals surface area contributed by atoms with Crippen molar-refractivity contribution in [3.8, 4) is 33.4 Å². The lowest BCUT2D eigenvalue weighted by Crippen LogP contribution is -2.15. The fourth-order valence-corrected chi connectivity index (χ4v) is 6.76. The maximum absolute atomic E-state index is 2.41. The van der Waals surface area contributed by atoms with Crippen molar-refractivity contribution >= 4 is 33.7 Å². The normalized spacial score (nSPS) is 13.4. The molecule has 0 heteroatoms. The SMILES string of the molecule is CC1(C)c2cc(-c3ccc(/C=C/c4ccc5ccccc5c4)cc3)ccc2-c2ccc(-c3ccc4ccccc4c3)cc21. The Labute approximate surface area is 253 Å². The predicted octanol–water partition coefficient (Wildman–Crippen LogP) is 11.8. The van der Waals surface area contributed by atoms with Crippen molar-refractivity contribution in [3.05, 3.63) is 168 Å². The Hall–Kier alpha value is -5.20. The van der Waals surface area contributed by atoms with Crippen molar-refractivity contribution in [2.45, 2.75) is 19.3 Å². The van der Waals surface area contributed by atoms with Crippen LogP contribution in [0.25, 0.3) is 67.1 Å². The minimum atomic E-state index is -0.0733. The summed E-state index contributed by atoms with van der Waals surface area (Å²) >= 11 is 0. The minimum absolute atomic E-state index is 0.0733. The van der Waals surface area contributed by atoms with Gasteiger partial charge in [0.1, 0.15) is 0 Å². The van der Waals surface area contributed by atoms with Gasteiger partial charge in [-0.3, -0.25) is 0 Å². The lowest BCUT2D eigenvalue weighted by Gasteiger charge is -2.22. The molecule has 0 fully saturated rings. The highest BCUT2D eigenvalue weighted by molar-refractivity contribution is 5.90. The van der Waals surface area contributed by atoms with Gasteiger partial charge in [-0.1, -0.05) is 147 Å². The largest absolute Gasteiger partial charge is 0.0616 e. The smallest absolute Gasteiger partial charge is 0.0159 e. The zero-order chi connectivity index (χ0) is 29.0. The number of hydrogen-bond donors (Lipinski definition) is 0. The van der Waals surface area contributed by atoms with E-state index in [1.807, 2.05) is 0 Å². The van der Waals surface area contributed by atoms with Crippen molar-refractivity contribution in [2.75, 3.05) is 0 Å². The fraction of sp³-hybridized carbons (Fsp3) is 0.0698. The topological polar surface area (TPSA) is 0 Å². The zero-order valence-corrected chi connectivity index (χ0v) is 24.5. The van der Waals surface area contributed by atoms with Crippen LogP contribution in [0.4, 0.5) is 0 Å². The van der Waals surface area contributed by atoms with E-state index in [1.54, 1.807) is 0 Å². The van der Waals surface area contributed by atoms with Crippen LogP contribution >= 0.6 is 0 Å². The molecule has 0 saturated heterocycles. The van der Waals surface area contributed by atoms with Gasteiger partial charge in [-0.25, -0.2) is 0 Å². The van der Waals surface area contributed by atoms with Gasteiger partial charge in [-0.2, -0.15) is 0 Å². The highest BCUT2D eigenvalue weighted by Crippen LogP contribution is 2.50. The first-order valence-electron chi connectivity index (χ1n) is 15.1. The molecule has 7 aromatic carbocycles. The van der Waals surface area contributed by atoms with Gasteiger partial charge in [0.15, 0.2) is 0 Å². The number of hydrogen-bond acceptors (Lipinski definition) is 0. The summed E-state index contributed by atoms with van der Waals surface area (Å²) in [6.45, 7) is 4.73. The molecule has 0 nitrogen and oxygen atoms in total. The Bertz CT molecular complexity index is 2190. The second-order valence-corrected chi connectivity index (χ2v) is 12.3. The summed E-state index contributed by atoms with van der Waals surface area (Å²) < 4.78 is 0. The van der Waals surface area contributed by atoms with Crippen LogP contribution in [-0.2, 0) is 5.41 Å². The molecule has 0 aliphatic heterocycles. The van der Waals surface area contributed by atoms with Crippen LogP contribution in [-0.4, -0.2) is 0 Å². The molecule has 0 atom stereocenters. The molecule has 204 valence electrons. The lowest BCUT2D eigenvalue weighted by atomic mass is 9.80. The summed E-state index contributed by atoms with van der Waals surface area (Å²) in [6.07, 6.45) is 4.40. The molecule has 0 spiro atoms. The van der Waals surface area contributed by atoms with E-state index in [0.29, 0.717) is 0 Å². The molecule has 1 aliphatic carbocycles. The average Bonchev–Trinajstić information content (AvgIpc) is 3.29. The van der Waals surface area contributed by atoms with Gasteiger partial charge in [0.25, 0.3) is 0 Å². The van der Waals surface area contributed by atoms with Crippen LogP contribution in [0.5, 0.6) is 0 Å². The second kappa shape index (κ2) is 9.96. The fourth-order valence-electron chi connectivity index (χ4n) is 6.76. The van der Waals surface area contributed by atoms with Gasteiger partial charge in [-0.15, -0.1) is 0 Å². The van der Waals surface area contributed by atoms with Gasteiger partial charge >= 0.3 is 0 Å². The average molecular weight is 549 g/mol. The standard InChI is InChI=1S/C43H32/c1-43(2)41-27-37(33-16-13-29(14-17-33)11-12-30-15-18-31-7-3-5-9-34(31)25-30)21-23-39(41)40-24-22-38(28-42(40)43)36-20-19-32-8-4-6-10-35(32)26-36/h3-28H,1-2H3/b12-11+. The predicted molar refractivity (Wildman–Crippen MR) is 185 cm³/mol. The summed E-state index contributed by atoms with van der Waals surface area (Å²) in [4.78, 5) is 0. The first kappa shape index (κ1) is 25.5. The molecule has 0 radical (unpaired) electrons. The molecule has 0 aromatic heterocycles. The van der Waals surface area contributed by atoms with E-state index in [1.165, 1.54) is 77.2 Å². The molecule has 0 amide bonds. The molecule has 0 bridgehead atoms. The third-order valence-electron chi connectivity index (χ3n) is 9.24. The zero-order valence-electron chi connectivity index (χ0n) is 24.5. The van der Waals surface area contributed by atoms with Gasteiger partial charge in [0.05, 0.1) is 0 Å². The number of benzene rings is 7. The van der Waals surface area contributed by atoms with Gasteiger partial charge in [0, 0.05) is 5.41 Å². The van der Waals surface area contributed by atoms with Gasteiger partial charge in [-0.05, 0) is 101 Å². The molecular formula is C43H32. The summed E-state index contributed by atoms with van der Waals surface area (Å²) in [5.41, 5.74) is 12.9.